The van der Waals surface area contributed by atoms with Gasteiger partial charge in [-0.3, -0.25) is 0 Å². The lowest BCUT2D eigenvalue weighted by Crippen LogP contribution is -2.18. The van der Waals surface area contributed by atoms with E-state index < -0.39 is 11.6 Å². The highest BCUT2D eigenvalue weighted by Crippen LogP contribution is 2.31. The second-order valence-electron chi connectivity index (χ2n) is 4.28. The van der Waals surface area contributed by atoms with Crippen LogP contribution in [-0.2, 0) is 0 Å². The quantitative estimate of drug-likeness (QED) is 0.887. The van der Waals surface area contributed by atoms with Gasteiger partial charge in [0, 0.05) is 21.4 Å². The lowest BCUT2D eigenvalue weighted by molar-refractivity contribution is 0.553. The second-order valence-corrected chi connectivity index (χ2v) is 5.56. The lowest BCUT2D eigenvalue weighted by atomic mass is 10.0. The first kappa shape index (κ1) is 13.2. The number of nitrogens with one attached hydrogen (secondary N) is 1. The van der Waals surface area contributed by atoms with Gasteiger partial charge in [0.2, 0.25) is 0 Å². The molecule has 0 bridgehead atoms. The Kier molecular flexibility index (Phi) is 3.78. The van der Waals surface area contributed by atoms with E-state index in [2.05, 4.69) is 5.32 Å². The van der Waals surface area contributed by atoms with Crippen LogP contribution in [-0.4, -0.2) is 7.05 Å². The summed E-state index contributed by atoms with van der Waals surface area (Å²) in [4.78, 5) is 2.26. The summed E-state index contributed by atoms with van der Waals surface area (Å²) in [5.74, 6) is -1.07. The molecule has 0 spiro atoms. The van der Waals surface area contributed by atoms with E-state index in [9.17, 15) is 8.78 Å². The molecular formula is C14H15F2NS. The third kappa shape index (κ3) is 2.44. The number of hydrogen-bond donors (Lipinski definition) is 1. The number of hydrogen-bond acceptors (Lipinski definition) is 2. The minimum absolute atomic E-state index is 0.233. The van der Waals surface area contributed by atoms with Crippen LogP contribution in [0.4, 0.5) is 8.78 Å². The molecule has 1 N–H and O–H groups in total. The van der Waals surface area contributed by atoms with E-state index in [0.717, 1.165) is 10.9 Å². The summed E-state index contributed by atoms with van der Waals surface area (Å²) in [6, 6.07) is 5.52. The zero-order valence-corrected chi connectivity index (χ0v) is 11.4. The van der Waals surface area contributed by atoms with Gasteiger partial charge in [-0.05, 0) is 38.6 Å². The van der Waals surface area contributed by atoms with Crippen LogP contribution in [0.15, 0.2) is 24.3 Å². The highest BCUT2D eigenvalue weighted by atomic mass is 32.1. The highest BCUT2D eigenvalue weighted by molar-refractivity contribution is 7.12. The van der Waals surface area contributed by atoms with Gasteiger partial charge in [-0.25, -0.2) is 8.78 Å². The fraction of sp³-hybridized carbons (Fsp3) is 0.286. The molecule has 96 valence electrons. The molecule has 1 atom stereocenters. The molecule has 0 saturated carbocycles. The summed E-state index contributed by atoms with van der Waals surface area (Å²) in [5, 5.41) is 3.08. The molecule has 0 fully saturated rings. The number of halogens is 2. The van der Waals surface area contributed by atoms with Gasteiger partial charge in [-0.2, -0.15) is 0 Å². The van der Waals surface area contributed by atoms with E-state index in [4.69, 9.17) is 0 Å². The van der Waals surface area contributed by atoms with Crippen LogP contribution in [0.5, 0.6) is 0 Å². The van der Waals surface area contributed by atoms with Crippen LogP contribution in [0, 0.1) is 25.5 Å². The second kappa shape index (κ2) is 5.16. The van der Waals surface area contributed by atoms with Crippen LogP contribution in [0.25, 0.3) is 0 Å². The fourth-order valence-electron chi connectivity index (χ4n) is 1.93. The van der Waals surface area contributed by atoms with Crippen LogP contribution in [0.3, 0.4) is 0 Å². The Balaban J connectivity index is 2.45. The first-order valence-corrected chi connectivity index (χ1v) is 6.53. The van der Waals surface area contributed by atoms with Crippen molar-refractivity contribution >= 4 is 11.3 Å². The Morgan fingerprint density at radius 3 is 2.39 bits per heavy atom. The molecule has 0 saturated heterocycles. The number of benzene rings is 1. The van der Waals surface area contributed by atoms with Crippen LogP contribution in [0.2, 0.25) is 0 Å². The molecule has 0 aliphatic rings. The molecule has 0 aliphatic heterocycles. The Morgan fingerprint density at radius 2 is 1.89 bits per heavy atom. The zero-order chi connectivity index (χ0) is 13.3. The van der Waals surface area contributed by atoms with Crippen LogP contribution < -0.4 is 5.32 Å². The maximum Gasteiger partial charge on any atom is 0.131 e. The van der Waals surface area contributed by atoms with E-state index >= 15 is 0 Å². The molecule has 0 radical (unpaired) electrons. The maximum atomic E-state index is 13.8. The van der Waals surface area contributed by atoms with Crippen molar-refractivity contribution in [1.29, 1.82) is 0 Å². The van der Waals surface area contributed by atoms with E-state index in [1.165, 1.54) is 22.6 Å². The van der Waals surface area contributed by atoms with E-state index in [0.29, 0.717) is 5.56 Å². The fourth-order valence-corrected chi connectivity index (χ4v) is 3.10. The van der Waals surface area contributed by atoms with Gasteiger partial charge < -0.3 is 5.32 Å². The third-order valence-electron chi connectivity index (χ3n) is 3.03. The van der Waals surface area contributed by atoms with Crippen molar-refractivity contribution in [2.24, 2.45) is 0 Å². The highest BCUT2D eigenvalue weighted by Gasteiger charge is 2.19. The molecule has 0 amide bonds. The van der Waals surface area contributed by atoms with Gasteiger partial charge >= 0.3 is 0 Å². The van der Waals surface area contributed by atoms with Gasteiger partial charge in [0.15, 0.2) is 0 Å². The summed E-state index contributed by atoms with van der Waals surface area (Å²) in [7, 11) is 1.78. The molecule has 2 rings (SSSR count). The molecule has 1 heterocycles. The maximum absolute atomic E-state index is 13.8. The average molecular weight is 267 g/mol. The Hall–Kier alpha value is -1.26. The minimum Gasteiger partial charge on any atom is -0.309 e. The van der Waals surface area contributed by atoms with Crippen molar-refractivity contribution in [1.82, 2.24) is 5.32 Å². The van der Waals surface area contributed by atoms with E-state index in [-0.39, 0.29) is 6.04 Å². The van der Waals surface area contributed by atoms with Gasteiger partial charge in [0.1, 0.15) is 11.6 Å². The van der Waals surface area contributed by atoms with Crippen molar-refractivity contribution in [3.05, 3.63) is 56.8 Å². The number of thiophene rings is 1. The molecule has 1 nitrogen and oxygen atoms in total. The SMILES string of the molecule is CNC(c1cc(C)c(C)s1)c1ccc(F)cc1F. The van der Waals surface area contributed by atoms with Crippen LogP contribution in [0.1, 0.15) is 26.9 Å². The van der Waals surface area contributed by atoms with Gasteiger partial charge in [0.05, 0.1) is 6.04 Å². The molecule has 1 aromatic heterocycles. The topological polar surface area (TPSA) is 12.0 Å². The predicted molar refractivity (Wildman–Crippen MR) is 71.1 cm³/mol. The van der Waals surface area contributed by atoms with Crippen molar-refractivity contribution < 1.29 is 8.78 Å². The van der Waals surface area contributed by atoms with Gasteiger partial charge in [-0.1, -0.05) is 6.07 Å². The van der Waals surface area contributed by atoms with Gasteiger partial charge in [-0.15, -0.1) is 11.3 Å². The van der Waals surface area contributed by atoms with Gasteiger partial charge in [0.25, 0.3) is 0 Å². The number of aryl methyl sites for hydroxylation is 2. The Morgan fingerprint density at radius 1 is 1.17 bits per heavy atom. The summed E-state index contributed by atoms with van der Waals surface area (Å²) in [6.07, 6.45) is 0. The van der Waals surface area contributed by atoms with Crippen LogP contribution >= 0.6 is 11.3 Å². The minimum atomic E-state index is -0.551. The molecule has 1 aromatic carbocycles. The zero-order valence-electron chi connectivity index (χ0n) is 10.6. The van der Waals surface area contributed by atoms with Crippen molar-refractivity contribution in [3.8, 4) is 0 Å². The number of rotatable bonds is 3. The summed E-state index contributed by atoms with van der Waals surface area (Å²) < 4.78 is 26.7. The average Bonchev–Trinajstić information content (AvgIpc) is 2.63. The summed E-state index contributed by atoms with van der Waals surface area (Å²) in [5.41, 5.74) is 1.66. The first-order chi connectivity index (χ1) is 8.52. The predicted octanol–water partition coefficient (Wildman–Crippen LogP) is 3.95. The smallest absolute Gasteiger partial charge is 0.131 e. The standard InChI is InChI=1S/C14H15F2NS/c1-8-6-13(18-9(8)2)14(17-3)11-5-4-10(15)7-12(11)16/h4-7,14,17H,1-3H3. The Labute approximate surface area is 109 Å². The molecular weight excluding hydrogens is 252 g/mol. The normalized spacial score (nSPS) is 12.7. The van der Waals surface area contributed by atoms with E-state index in [1.807, 2.05) is 19.9 Å². The van der Waals surface area contributed by atoms with Crippen molar-refractivity contribution in [2.45, 2.75) is 19.9 Å². The first-order valence-electron chi connectivity index (χ1n) is 5.72. The molecule has 18 heavy (non-hydrogen) atoms. The lowest BCUT2D eigenvalue weighted by Gasteiger charge is -2.15. The Bertz CT molecular complexity index is 543. The largest absolute Gasteiger partial charge is 0.309 e. The summed E-state index contributed by atoms with van der Waals surface area (Å²) in [6.45, 7) is 4.07. The third-order valence-corrected chi connectivity index (χ3v) is 4.25. The molecule has 1 unspecified atom stereocenters. The van der Waals surface area contributed by atoms with Crippen molar-refractivity contribution in [2.75, 3.05) is 7.05 Å². The van der Waals surface area contributed by atoms with Crippen molar-refractivity contribution in [3.63, 3.8) is 0 Å². The molecule has 4 heteroatoms. The monoisotopic (exact) mass is 267 g/mol. The summed E-state index contributed by atoms with van der Waals surface area (Å²) >= 11 is 1.63. The molecule has 2 aromatic rings. The molecule has 0 aliphatic carbocycles. The van der Waals surface area contributed by atoms with E-state index in [1.54, 1.807) is 18.4 Å².